The second kappa shape index (κ2) is 4.59. The van der Waals surface area contributed by atoms with Gasteiger partial charge in [-0.2, -0.15) is 5.10 Å². The van der Waals surface area contributed by atoms with Crippen molar-refractivity contribution in [1.82, 2.24) is 14.6 Å². The molecule has 2 aromatic heterocycles. The van der Waals surface area contributed by atoms with Crippen LogP contribution in [0.1, 0.15) is 33.1 Å². The van der Waals surface area contributed by atoms with E-state index in [4.69, 9.17) is 0 Å². The number of hydrogen-bond acceptors (Lipinski definition) is 3. The summed E-state index contributed by atoms with van der Waals surface area (Å²) in [7, 11) is 0. The summed E-state index contributed by atoms with van der Waals surface area (Å²) in [5.74, 6) is 2.59. The maximum atomic E-state index is 4.57. The van der Waals surface area contributed by atoms with Crippen molar-refractivity contribution < 1.29 is 0 Å². The molecule has 4 nitrogen and oxygen atoms in total. The second-order valence-electron chi connectivity index (χ2n) is 5.71. The molecule has 0 spiro atoms. The fraction of sp³-hybridized carbons (Fsp3) is 0.571. The molecule has 1 saturated carbocycles. The number of aromatic nitrogens is 3. The van der Waals surface area contributed by atoms with E-state index >= 15 is 0 Å². The SMILES string of the molecule is CC1CC(C)CC(Nc2ccn3nccc3n2)C1. The first kappa shape index (κ1) is 11.5. The molecule has 1 aliphatic rings. The van der Waals surface area contributed by atoms with Crippen molar-refractivity contribution in [2.75, 3.05) is 5.32 Å². The van der Waals surface area contributed by atoms with Crippen LogP contribution < -0.4 is 5.32 Å². The van der Waals surface area contributed by atoms with Gasteiger partial charge in [0.15, 0.2) is 5.65 Å². The third kappa shape index (κ3) is 2.33. The fourth-order valence-corrected chi connectivity index (χ4v) is 3.17. The van der Waals surface area contributed by atoms with Crippen LogP contribution in [-0.2, 0) is 0 Å². The number of anilines is 1. The maximum Gasteiger partial charge on any atom is 0.157 e. The number of fused-ring (bicyclic) bond motifs is 1. The van der Waals surface area contributed by atoms with E-state index in [0.717, 1.165) is 23.3 Å². The van der Waals surface area contributed by atoms with Gasteiger partial charge in [-0.25, -0.2) is 9.50 Å². The zero-order chi connectivity index (χ0) is 12.5. The number of nitrogens with zero attached hydrogens (tertiary/aromatic N) is 3. The third-order valence-corrected chi connectivity index (χ3v) is 3.79. The van der Waals surface area contributed by atoms with Crippen LogP contribution in [0.3, 0.4) is 0 Å². The highest BCUT2D eigenvalue weighted by Gasteiger charge is 2.23. The number of hydrogen-bond donors (Lipinski definition) is 1. The summed E-state index contributed by atoms with van der Waals surface area (Å²) >= 11 is 0. The molecule has 2 unspecified atom stereocenters. The van der Waals surface area contributed by atoms with Crippen LogP contribution in [0, 0.1) is 11.8 Å². The average Bonchev–Trinajstić information content (AvgIpc) is 2.74. The van der Waals surface area contributed by atoms with Gasteiger partial charge in [0.2, 0.25) is 0 Å². The van der Waals surface area contributed by atoms with Gasteiger partial charge in [-0.05, 0) is 37.2 Å². The predicted octanol–water partition coefficient (Wildman–Crippen LogP) is 2.97. The molecule has 2 heterocycles. The topological polar surface area (TPSA) is 42.2 Å². The van der Waals surface area contributed by atoms with E-state index in [1.165, 1.54) is 19.3 Å². The predicted molar refractivity (Wildman–Crippen MR) is 72.6 cm³/mol. The van der Waals surface area contributed by atoms with Crippen molar-refractivity contribution >= 4 is 11.5 Å². The Morgan fingerprint density at radius 2 is 1.94 bits per heavy atom. The number of rotatable bonds is 2. The summed E-state index contributed by atoms with van der Waals surface area (Å²) in [4.78, 5) is 4.57. The second-order valence-corrected chi connectivity index (χ2v) is 5.71. The van der Waals surface area contributed by atoms with Crippen molar-refractivity contribution in [1.29, 1.82) is 0 Å². The van der Waals surface area contributed by atoms with Gasteiger partial charge in [0.1, 0.15) is 5.82 Å². The highest BCUT2D eigenvalue weighted by atomic mass is 15.2. The molecule has 2 aromatic rings. The van der Waals surface area contributed by atoms with E-state index in [-0.39, 0.29) is 0 Å². The molecule has 0 saturated heterocycles. The lowest BCUT2D eigenvalue weighted by Crippen LogP contribution is -2.30. The van der Waals surface area contributed by atoms with Gasteiger partial charge in [0, 0.05) is 18.3 Å². The van der Waals surface area contributed by atoms with E-state index in [1.54, 1.807) is 10.7 Å². The molecule has 0 aliphatic heterocycles. The molecule has 3 rings (SSSR count). The Labute approximate surface area is 107 Å². The molecule has 18 heavy (non-hydrogen) atoms. The van der Waals surface area contributed by atoms with Crippen molar-refractivity contribution in [2.45, 2.75) is 39.2 Å². The minimum Gasteiger partial charge on any atom is -0.367 e. The van der Waals surface area contributed by atoms with Crippen LogP contribution >= 0.6 is 0 Å². The van der Waals surface area contributed by atoms with Crippen LogP contribution in [0.4, 0.5) is 5.82 Å². The van der Waals surface area contributed by atoms with Crippen molar-refractivity contribution in [3.8, 4) is 0 Å². The third-order valence-electron chi connectivity index (χ3n) is 3.79. The van der Waals surface area contributed by atoms with E-state index in [9.17, 15) is 0 Å². The van der Waals surface area contributed by atoms with Crippen LogP contribution in [0.15, 0.2) is 24.5 Å². The highest BCUT2D eigenvalue weighted by Crippen LogP contribution is 2.30. The van der Waals surface area contributed by atoms with Gasteiger partial charge in [-0.3, -0.25) is 0 Å². The molecular formula is C14H20N4. The monoisotopic (exact) mass is 244 g/mol. The van der Waals surface area contributed by atoms with Crippen LogP contribution in [0.5, 0.6) is 0 Å². The van der Waals surface area contributed by atoms with Gasteiger partial charge in [-0.1, -0.05) is 13.8 Å². The molecule has 1 N–H and O–H groups in total. The van der Waals surface area contributed by atoms with Crippen LogP contribution in [0.2, 0.25) is 0 Å². The molecular weight excluding hydrogens is 224 g/mol. The van der Waals surface area contributed by atoms with Gasteiger partial charge in [0.25, 0.3) is 0 Å². The summed E-state index contributed by atoms with van der Waals surface area (Å²) < 4.78 is 1.79. The highest BCUT2D eigenvalue weighted by molar-refractivity contribution is 5.45. The lowest BCUT2D eigenvalue weighted by Gasteiger charge is -2.32. The Bertz CT molecular complexity index is 523. The zero-order valence-corrected chi connectivity index (χ0v) is 11.0. The maximum absolute atomic E-state index is 4.57. The summed E-state index contributed by atoms with van der Waals surface area (Å²) in [5, 5.41) is 7.73. The smallest absolute Gasteiger partial charge is 0.157 e. The fourth-order valence-electron chi connectivity index (χ4n) is 3.17. The Kier molecular flexibility index (Phi) is 2.94. The Balaban J connectivity index is 1.74. The minimum atomic E-state index is 0.557. The normalized spacial score (nSPS) is 28.4. The lowest BCUT2D eigenvalue weighted by molar-refractivity contribution is 0.280. The molecule has 4 heteroatoms. The van der Waals surface area contributed by atoms with Crippen molar-refractivity contribution in [3.63, 3.8) is 0 Å². The Morgan fingerprint density at radius 1 is 1.17 bits per heavy atom. The first-order valence-corrected chi connectivity index (χ1v) is 6.77. The molecule has 1 aliphatic carbocycles. The summed E-state index contributed by atoms with van der Waals surface area (Å²) in [6, 6.07) is 4.49. The molecule has 0 amide bonds. The Morgan fingerprint density at radius 3 is 2.72 bits per heavy atom. The quantitative estimate of drug-likeness (QED) is 0.883. The Hall–Kier alpha value is -1.58. The van der Waals surface area contributed by atoms with E-state index < -0.39 is 0 Å². The standard InChI is InChI=1S/C14H20N4/c1-10-7-11(2)9-12(8-10)16-13-4-6-18-14(17-13)3-5-15-18/h3-6,10-12H,7-9H2,1-2H3,(H,16,17). The summed E-state index contributed by atoms with van der Waals surface area (Å²) in [5.41, 5.74) is 0.900. The van der Waals surface area contributed by atoms with Gasteiger partial charge in [0.05, 0.1) is 6.20 Å². The van der Waals surface area contributed by atoms with Crippen molar-refractivity contribution in [3.05, 3.63) is 24.5 Å². The molecule has 0 aromatic carbocycles. The first-order valence-electron chi connectivity index (χ1n) is 6.77. The lowest BCUT2D eigenvalue weighted by atomic mass is 9.80. The first-order chi connectivity index (χ1) is 8.70. The molecule has 1 fully saturated rings. The summed E-state index contributed by atoms with van der Waals surface area (Å²) in [6.07, 6.45) is 7.58. The minimum absolute atomic E-state index is 0.557. The van der Waals surface area contributed by atoms with Gasteiger partial charge < -0.3 is 5.32 Å². The average molecular weight is 244 g/mol. The van der Waals surface area contributed by atoms with Crippen LogP contribution in [0.25, 0.3) is 5.65 Å². The molecule has 0 bridgehead atoms. The van der Waals surface area contributed by atoms with E-state index in [1.807, 2.05) is 18.3 Å². The van der Waals surface area contributed by atoms with Gasteiger partial charge in [-0.15, -0.1) is 0 Å². The van der Waals surface area contributed by atoms with Crippen LogP contribution in [-0.4, -0.2) is 20.6 Å². The summed E-state index contributed by atoms with van der Waals surface area (Å²) in [6.45, 7) is 4.69. The number of nitrogens with one attached hydrogen (secondary N) is 1. The molecule has 2 atom stereocenters. The van der Waals surface area contributed by atoms with E-state index in [2.05, 4.69) is 29.2 Å². The van der Waals surface area contributed by atoms with E-state index in [0.29, 0.717) is 6.04 Å². The van der Waals surface area contributed by atoms with Crippen molar-refractivity contribution in [2.24, 2.45) is 11.8 Å². The van der Waals surface area contributed by atoms with Gasteiger partial charge >= 0.3 is 0 Å². The molecule has 96 valence electrons. The largest absolute Gasteiger partial charge is 0.367 e. The zero-order valence-electron chi connectivity index (χ0n) is 11.0. The molecule has 0 radical (unpaired) electrons.